The van der Waals surface area contributed by atoms with Crippen LogP contribution in [0.3, 0.4) is 0 Å². The molecule has 1 aromatic carbocycles. The molecular formula is C21H34N4O5S. The molecule has 0 aliphatic carbocycles. The van der Waals surface area contributed by atoms with E-state index in [1.54, 1.807) is 24.3 Å². The highest BCUT2D eigenvalue weighted by atomic mass is 32.2. The van der Waals surface area contributed by atoms with E-state index in [9.17, 15) is 13.2 Å². The Bertz CT molecular complexity index is 821. The normalized spacial score (nSPS) is 19.8. The quantitative estimate of drug-likeness (QED) is 0.605. The van der Waals surface area contributed by atoms with Crippen molar-refractivity contribution in [3.8, 4) is 0 Å². The third-order valence-corrected chi connectivity index (χ3v) is 7.75. The molecule has 0 saturated carbocycles. The van der Waals surface area contributed by atoms with Crippen LogP contribution in [0.5, 0.6) is 0 Å². The summed E-state index contributed by atoms with van der Waals surface area (Å²) in [6.07, 6.45) is 0. The van der Waals surface area contributed by atoms with Gasteiger partial charge in [0, 0.05) is 45.3 Å². The number of morpholine rings is 2. The number of urea groups is 1. The summed E-state index contributed by atoms with van der Waals surface area (Å²) in [5, 5.41) is 5.75. The summed E-state index contributed by atoms with van der Waals surface area (Å²) in [4.78, 5) is 15.0. The first-order valence-electron chi connectivity index (χ1n) is 10.9. The minimum atomic E-state index is -3.63. The second kappa shape index (κ2) is 11.2. The SMILES string of the molecule is CC(C)[C@@H](CNC(=O)NCc1ccccc1S(=O)(=O)N1CCOCC1)N1CCOCC1. The lowest BCUT2D eigenvalue weighted by Crippen LogP contribution is -2.52. The molecule has 2 heterocycles. The molecule has 0 unspecified atom stereocenters. The first-order chi connectivity index (χ1) is 14.9. The molecule has 174 valence electrons. The molecule has 0 radical (unpaired) electrons. The van der Waals surface area contributed by atoms with Crippen molar-refractivity contribution in [3.63, 3.8) is 0 Å². The van der Waals surface area contributed by atoms with E-state index >= 15 is 0 Å². The van der Waals surface area contributed by atoms with E-state index in [0.717, 1.165) is 13.1 Å². The average molecular weight is 455 g/mol. The van der Waals surface area contributed by atoms with Crippen molar-refractivity contribution in [1.29, 1.82) is 0 Å². The molecule has 1 atom stereocenters. The van der Waals surface area contributed by atoms with E-state index in [0.29, 0.717) is 57.5 Å². The Morgan fingerprint density at radius 2 is 1.61 bits per heavy atom. The summed E-state index contributed by atoms with van der Waals surface area (Å²) in [6, 6.07) is 6.72. The smallest absolute Gasteiger partial charge is 0.315 e. The van der Waals surface area contributed by atoms with Gasteiger partial charge in [-0.15, -0.1) is 0 Å². The number of carbonyl (C=O) groups excluding carboxylic acids is 1. The predicted octanol–water partition coefficient (Wildman–Crippen LogP) is 0.864. The second-order valence-electron chi connectivity index (χ2n) is 8.15. The Hall–Kier alpha value is -1.72. The molecule has 0 spiro atoms. The standard InChI is InChI=1S/C21H34N4O5S/c1-17(2)19(24-7-11-29-12-8-24)16-23-21(26)22-15-18-5-3-4-6-20(18)31(27,28)25-9-13-30-14-10-25/h3-6,17,19H,7-16H2,1-2H3,(H2,22,23,26)/t19-/m1/s1. The maximum Gasteiger partial charge on any atom is 0.315 e. The summed E-state index contributed by atoms with van der Waals surface area (Å²) in [7, 11) is -3.63. The summed E-state index contributed by atoms with van der Waals surface area (Å²) in [5.74, 6) is 0.387. The maximum atomic E-state index is 13.0. The molecule has 2 amide bonds. The molecule has 0 bridgehead atoms. The summed E-state index contributed by atoms with van der Waals surface area (Å²) in [6.45, 7) is 9.55. The van der Waals surface area contributed by atoms with Crippen LogP contribution in [0.4, 0.5) is 4.79 Å². The van der Waals surface area contributed by atoms with Crippen molar-refractivity contribution >= 4 is 16.1 Å². The molecule has 3 rings (SSSR count). The van der Waals surface area contributed by atoms with Crippen molar-refractivity contribution in [1.82, 2.24) is 19.8 Å². The zero-order valence-corrected chi connectivity index (χ0v) is 19.2. The van der Waals surface area contributed by atoms with Gasteiger partial charge in [0.15, 0.2) is 0 Å². The van der Waals surface area contributed by atoms with Gasteiger partial charge >= 0.3 is 6.03 Å². The molecule has 31 heavy (non-hydrogen) atoms. The number of hydrogen-bond donors (Lipinski definition) is 2. The van der Waals surface area contributed by atoms with E-state index in [1.807, 2.05) is 0 Å². The third-order valence-electron chi connectivity index (χ3n) is 5.76. The number of carbonyl (C=O) groups is 1. The number of sulfonamides is 1. The van der Waals surface area contributed by atoms with Crippen LogP contribution >= 0.6 is 0 Å². The van der Waals surface area contributed by atoms with Gasteiger partial charge in [-0.3, -0.25) is 4.90 Å². The lowest BCUT2D eigenvalue weighted by Gasteiger charge is -2.36. The molecule has 9 nitrogen and oxygen atoms in total. The number of benzene rings is 1. The van der Waals surface area contributed by atoms with Gasteiger partial charge < -0.3 is 20.1 Å². The van der Waals surface area contributed by atoms with E-state index in [4.69, 9.17) is 9.47 Å². The lowest BCUT2D eigenvalue weighted by molar-refractivity contribution is 0.00719. The largest absolute Gasteiger partial charge is 0.379 e. The van der Waals surface area contributed by atoms with Gasteiger partial charge in [-0.2, -0.15) is 4.31 Å². The number of rotatable bonds is 8. The number of ether oxygens (including phenoxy) is 2. The summed E-state index contributed by atoms with van der Waals surface area (Å²) < 4.78 is 38.2. The third kappa shape index (κ3) is 6.39. The minimum absolute atomic E-state index is 0.134. The monoisotopic (exact) mass is 454 g/mol. The van der Waals surface area contributed by atoms with Crippen LogP contribution in [0.15, 0.2) is 29.2 Å². The van der Waals surface area contributed by atoms with Crippen molar-refractivity contribution in [3.05, 3.63) is 29.8 Å². The van der Waals surface area contributed by atoms with Crippen LogP contribution < -0.4 is 10.6 Å². The first-order valence-corrected chi connectivity index (χ1v) is 12.3. The lowest BCUT2D eigenvalue weighted by atomic mass is 10.0. The average Bonchev–Trinajstić information content (AvgIpc) is 2.79. The van der Waals surface area contributed by atoms with Crippen LogP contribution in [0.25, 0.3) is 0 Å². The van der Waals surface area contributed by atoms with Crippen LogP contribution in [0, 0.1) is 5.92 Å². The number of nitrogens with zero attached hydrogens (tertiary/aromatic N) is 2. The van der Waals surface area contributed by atoms with Crippen LogP contribution in [0.2, 0.25) is 0 Å². The molecule has 2 aliphatic heterocycles. The van der Waals surface area contributed by atoms with Gasteiger partial charge in [-0.05, 0) is 17.5 Å². The molecule has 2 fully saturated rings. The van der Waals surface area contributed by atoms with E-state index in [-0.39, 0.29) is 23.5 Å². The zero-order chi connectivity index (χ0) is 22.3. The van der Waals surface area contributed by atoms with E-state index in [2.05, 4.69) is 29.4 Å². The maximum absolute atomic E-state index is 13.0. The fourth-order valence-electron chi connectivity index (χ4n) is 3.96. The second-order valence-corrected chi connectivity index (χ2v) is 10.1. The Labute approximate surface area is 185 Å². The van der Waals surface area contributed by atoms with Crippen molar-refractivity contribution in [2.45, 2.75) is 31.3 Å². The highest BCUT2D eigenvalue weighted by Crippen LogP contribution is 2.21. The van der Waals surface area contributed by atoms with Crippen LogP contribution in [-0.4, -0.2) is 88.8 Å². The topological polar surface area (TPSA) is 100 Å². The van der Waals surface area contributed by atoms with Crippen molar-refractivity contribution in [2.75, 3.05) is 59.2 Å². The molecule has 10 heteroatoms. The van der Waals surface area contributed by atoms with E-state index in [1.165, 1.54) is 4.31 Å². The van der Waals surface area contributed by atoms with Gasteiger partial charge in [0.05, 0.1) is 31.3 Å². The fourth-order valence-corrected chi connectivity index (χ4v) is 5.59. The number of nitrogens with one attached hydrogen (secondary N) is 2. The number of amides is 2. The molecule has 2 saturated heterocycles. The molecule has 0 aromatic heterocycles. The van der Waals surface area contributed by atoms with Crippen molar-refractivity contribution in [2.24, 2.45) is 5.92 Å². The first kappa shape index (κ1) is 23.9. The van der Waals surface area contributed by atoms with Gasteiger partial charge in [0.25, 0.3) is 0 Å². The molecule has 2 aliphatic rings. The zero-order valence-electron chi connectivity index (χ0n) is 18.4. The van der Waals surface area contributed by atoms with E-state index < -0.39 is 10.0 Å². The van der Waals surface area contributed by atoms with Crippen molar-refractivity contribution < 1.29 is 22.7 Å². The fraction of sp³-hybridized carbons (Fsp3) is 0.667. The Morgan fingerprint density at radius 3 is 2.26 bits per heavy atom. The summed E-state index contributed by atoms with van der Waals surface area (Å²) in [5.41, 5.74) is 0.567. The Morgan fingerprint density at radius 1 is 1.00 bits per heavy atom. The predicted molar refractivity (Wildman–Crippen MR) is 117 cm³/mol. The van der Waals surface area contributed by atoms with Gasteiger partial charge in [-0.25, -0.2) is 13.2 Å². The number of hydrogen-bond acceptors (Lipinski definition) is 6. The van der Waals surface area contributed by atoms with Crippen LogP contribution in [0.1, 0.15) is 19.4 Å². The Balaban J connectivity index is 1.57. The molecular weight excluding hydrogens is 420 g/mol. The Kier molecular flexibility index (Phi) is 8.67. The summed E-state index contributed by atoms with van der Waals surface area (Å²) >= 11 is 0. The van der Waals surface area contributed by atoms with Gasteiger partial charge in [-0.1, -0.05) is 32.0 Å². The molecule has 2 N–H and O–H groups in total. The molecule has 1 aromatic rings. The van der Waals surface area contributed by atoms with Gasteiger partial charge in [0.1, 0.15) is 0 Å². The highest BCUT2D eigenvalue weighted by molar-refractivity contribution is 7.89. The van der Waals surface area contributed by atoms with Gasteiger partial charge in [0.2, 0.25) is 10.0 Å². The van der Waals surface area contributed by atoms with Crippen LogP contribution in [-0.2, 0) is 26.0 Å². The minimum Gasteiger partial charge on any atom is -0.379 e. The highest BCUT2D eigenvalue weighted by Gasteiger charge is 2.28.